The van der Waals surface area contributed by atoms with Gasteiger partial charge in [-0.15, -0.1) is 11.3 Å². The highest BCUT2D eigenvalue weighted by molar-refractivity contribution is 7.13. The molecule has 1 saturated heterocycles. The Labute approximate surface area is 109 Å². The third-order valence-corrected chi connectivity index (χ3v) is 4.31. The van der Waals surface area contributed by atoms with E-state index in [1.54, 1.807) is 6.20 Å². The monoisotopic (exact) mass is 268 g/mol. The Bertz CT molecular complexity index is 470. The maximum atomic E-state index is 12.2. The highest BCUT2D eigenvalue weighted by Gasteiger charge is 2.35. The molecule has 18 heavy (non-hydrogen) atoms. The van der Waals surface area contributed by atoms with E-state index in [1.807, 2.05) is 13.8 Å². The quantitative estimate of drug-likeness (QED) is 0.909. The maximum Gasteiger partial charge on any atom is 0.326 e. The Morgan fingerprint density at radius 1 is 1.56 bits per heavy atom. The Hall–Kier alpha value is -1.43. The smallest absolute Gasteiger partial charge is 0.326 e. The molecule has 98 valence electrons. The van der Waals surface area contributed by atoms with Crippen molar-refractivity contribution in [3.63, 3.8) is 0 Å². The van der Waals surface area contributed by atoms with E-state index >= 15 is 0 Å². The number of carbonyl (C=O) groups is 2. The first-order chi connectivity index (χ1) is 8.50. The number of aromatic nitrogens is 1. The highest BCUT2D eigenvalue weighted by Crippen LogP contribution is 2.25. The molecule has 0 radical (unpaired) electrons. The molecule has 0 aliphatic carbocycles. The van der Waals surface area contributed by atoms with E-state index in [1.165, 1.54) is 16.2 Å². The van der Waals surface area contributed by atoms with E-state index in [0.29, 0.717) is 17.8 Å². The van der Waals surface area contributed by atoms with Gasteiger partial charge in [-0.05, 0) is 12.8 Å². The zero-order valence-electron chi connectivity index (χ0n) is 10.4. The molecule has 0 saturated carbocycles. The van der Waals surface area contributed by atoms with Gasteiger partial charge in [-0.1, -0.05) is 13.8 Å². The number of hydrogen-bond donors (Lipinski definition) is 1. The molecule has 2 rings (SSSR count). The molecule has 1 aliphatic heterocycles. The Morgan fingerprint density at radius 2 is 2.28 bits per heavy atom. The fourth-order valence-corrected chi connectivity index (χ4v) is 2.94. The highest BCUT2D eigenvalue weighted by atomic mass is 32.1. The van der Waals surface area contributed by atoms with Gasteiger partial charge in [-0.25, -0.2) is 9.78 Å². The van der Waals surface area contributed by atoms with Gasteiger partial charge in [0.15, 0.2) is 0 Å². The van der Waals surface area contributed by atoms with Crippen LogP contribution in [0.3, 0.4) is 0 Å². The second kappa shape index (κ2) is 5.06. The van der Waals surface area contributed by atoms with Crippen molar-refractivity contribution in [2.45, 2.75) is 38.6 Å². The number of thiazole rings is 1. The van der Waals surface area contributed by atoms with Crippen molar-refractivity contribution in [2.75, 3.05) is 6.54 Å². The topological polar surface area (TPSA) is 70.5 Å². The normalized spacial score (nSPS) is 19.5. The van der Waals surface area contributed by atoms with Gasteiger partial charge in [0.25, 0.3) is 5.91 Å². The Kier molecular flexibility index (Phi) is 3.65. The molecule has 1 amide bonds. The van der Waals surface area contributed by atoms with Gasteiger partial charge in [0.1, 0.15) is 10.9 Å². The van der Waals surface area contributed by atoms with Crippen molar-refractivity contribution < 1.29 is 14.7 Å². The molecular weight excluding hydrogens is 252 g/mol. The second-order valence-corrected chi connectivity index (χ2v) is 5.77. The fourth-order valence-electron chi connectivity index (χ4n) is 2.06. The number of nitrogens with zero attached hydrogens (tertiary/aromatic N) is 2. The van der Waals surface area contributed by atoms with Crippen LogP contribution in [0.5, 0.6) is 0 Å². The van der Waals surface area contributed by atoms with Crippen LogP contribution in [-0.4, -0.2) is 39.5 Å². The minimum Gasteiger partial charge on any atom is -0.480 e. The Balaban J connectivity index is 2.17. The van der Waals surface area contributed by atoms with Gasteiger partial charge in [0, 0.05) is 12.5 Å². The number of carboxylic acids is 1. The molecule has 1 unspecified atom stereocenters. The van der Waals surface area contributed by atoms with E-state index in [9.17, 15) is 9.59 Å². The zero-order valence-corrected chi connectivity index (χ0v) is 11.2. The largest absolute Gasteiger partial charge is 0.480 e. The second-order valence-electron chi connectivity index (χ2n) is 4.71. The number of aliphatic carboxylic acids is 1. The molecule has 0 spiro atoms. The minimum absolute atomic E-state index is 0.204. The predicted octanol–water partition coefficient (Wildman–Crippen LogP) is 1.96. The number of hydrogen-bond acceptors (Lipinski definition) is 4. The summed E-state index contributed by atoms with van der Waals surface area (Å²) in [6, 6.07) is -0.679. The average Bonchev–Trinajstić information content (AvgIpc) is 2.97. The molecule has 0 bridgehead atoms. The van der Waals surface area contributed by atoms with Crippen LogP contribution in [0.2, 0.25) is 0 Å². The van der Waals surface area contributed by atoms with Crippen molar-refractivity contribution in [1.29, 1.82) is 0 Å². The summed E-state index contributed by atoms with van der Waals surface area (Å²) in [5.74, 6) is -0.843. The lowest BCUT2D eigenvalue weighted by Crippen LogP contribution is -2.40. The summed E-state index contributed by atoms with van der Waals surface area (Å²) in [5.41, 5.74) is 0. The minimum atomic E-state index is -0.922. The van der Waals surface area contributed by atoms with Crippen molar-refractivity contribution in [2.24, 2.45) is 0 Å². The number of carboxylic acid groups (broad SMARTS) is 1. The summed E-state index contributed by atoms with van der Waals surface area (Å²) in [6.07, 6.45) is 2.84. The number of carbonyl (C=O) groups excluding carboxylic acids is 1. The summed E-state index contributed by atoms with van der Waals surface area (Å²) in [4.78, 5) is 29.5. The summed E-state index contributed by atoms with van der Waals surface area (Å²) >= 11 is 1.35. The van der Waals surface area contributed by atoms with Gasteiger partial charge in [0.05, 0.1) is 11.2 Å². The van der Waals surface area contributed by atoms with Crippen LogP contribution in [0.25, 0.3) is 0 Å². The van der Waals surface area contributed by atoms with Gasteiger partial charge in [-0.3, -0.25) is 4.79 Å². The fraction of sp³-hybridized carbons (Fsp3) is 0.583. The lowest BCUT2D eigenvalue weighted by molar-refractivity contribution is -0.141. The van der Waals surface area contributed by atoms with E-state index in [-0.39, 0.29) is 11.8 Å². The first-order valence-corrected chi connectivity index (χ1v) is 6.82. The molecular formula is C12H16N2O3S. The number of rotatable bonds is 3. The maximum absolute atomic E-state index is 12.2. The molecule has 1 aromatic rings. The van der Waals surface area contributed by atoms with Crippen molar-refractivity contribution >= 4 is 23.2 Å². The van der Waals surface area contributed by atoms with Crippen LogP contribution in [0.1, 0.15) is 47.3 Å². The van der Waals surface area contributed by atoms with Crippen LogP contribution < -0.4 is 0 Å². The van der Waals surface area contributed by atoms with Crippen molar-refractivity contribution in [3.8, 4) is 0 Å². The standard InChI is InChI=1S/C12H16N2O3S/c1-7(2)10-13-6-9(18-10)11(15)14-5-3-4-8(14)12(16)17/h6-8H,3-5H2,1-2H3,(H,16,17). The third-order valence-electron chi connectivity index (χ3n) is 3.03. The average molecular weight is 268 g/mol. The lowest BCUT2D eigenvalue weighted by atomic mass is 10.2. The zero-order chi connectivity index (χ0) is 13.3. The summed E-state index contributed by atoms with van der Waals surface area (Å²) < 4.78 is 0. The van der Waals surface area contributed by atoms with Crippen molar-refractivity contribution in [3.05, 3.63) is 16.1 Å². The molecule has 6 heteroatoms. The third kappa shape index (κ3) is 2.38. The van der Waals surface area contributed by atoms with Crippen LogP contribution in [-0.2, 0) is 4.79 Å². The first-order valence-electron chi connectivity index (χ1n) is 6.00. The number of likely N-dealkylation sites (tertiary alicyclic amines) is 1. The van der Waals surface area contributed by atoms with Gasteiger partial charge >= 0.3 is 5.97 Å². The molecule has 5 nitrogen and oxygen atoms in total. The Morgan fingerprint density at radius 3 is 2.83 bits per heavy atom. The van der Waals surface area contributed by atoms with E-state index in [4.69, 9.17) is 5.11 Å². The molecule has 2 heterocycles. The summed E-state index contributed by atoms with van der Waals surface area (Å²) in [5, 5.41) is 9.97. The van der Waals surface area contributed by atoms with Crippen molar-refractivity contribution in [1.82, 2.24) is 9.88 Å². The van der Waals surface area contributed by atoms with Crippen LogP contribution in [0.4, 0.5) is 0 Å². The van der Waals surface area contributed by atoms with E-state index < -0.39 is 12.0 Å². The summed E-state index contributed by atoms with van der Waals surface area (Å²) in [7, 11) is 0. The van der Waals surface area contributed by atoms with E-state index in [0.717, 1.165) is 11.4 Å². The predicted molar refractivity (Wildman–Crippen MR) is 67.9 cm³/mol. The molecule has 0 aromatic carbocycles. The van der Waals surface area contributed by atoms with Crippen LogP contribution >= 0.6 is 11.3 Å². The van der Waals surface area contributed by atoms with E-state index in [2.05, 4.69) is 4.98 Å². The van der Waals surface area contributed by atoms with Gasteiger partial charge in [0.2, 0.25) is 0 Å². The van der Waals surface area contributed by atoms with Gasteiger partial charge < -0.3 is 10.0 Å². The molecule has 1 N–H and O–H groups in total. The molecule has 1 fully saturated rings. The summed E-state index contributed by atoms with van der Waals surface area (Å²) in [6.45, 7) is 4.55. The lowest BCUT2D eigenvalue weighted by Gasteiger charge is -2.20. The SMILES string of the molecule is CC(C)c1ncc(C(=O)N2CCCC2C(=O)O)s1. The number of amides is 1. The first kappa shape index (κ1) is 13.0. The molecule has 1 aromatic heterocycles. The molecule has 1 atom stereocenters. The molecule has 1 aliphatic rings. The van der Waals surface area contributed by atoms with Gasteiger partial charge in [-0.2, -0.15) is 0 Å². The van der Waals surface area contributed by atoms with Crippen LogP contribution in [0.15, 0.2) is 6.20 Å². The van der Waals surface area contributed by atoms with Crippen LogP contribution in [0, 0.1) is 0 Å².